The molecule has 1 heterocycles. The molecule has 24 heavy (non-hydrogen) atoms. The summed E-state index contributed by atoms with van der Waals surface area (Å²) < 4.78 is 5.12. The second-order valence-electron chi connectivity index (χ2n) is 5.15. The van der Waals surface area contributed by atoms with Gasteiger partial charge in [-0.25, -0.2) is 4.79 Å². The molecule has 0 radical (unpaired) electrons. The SMILES string of the molecule is O=C(CN1CC(=O)Oc2ccccc21)Nc1ccc([N+](=O)[O-])cc1. The molecule has 0 saturated carbocycles. The highest BCUT2D eigenvalue weighted by molar-refractivity contribution is 5.96. The van der Waals surface area contributed by atoms with E-state index in [4.69, 9.17) is 4.74 Å². The number of carbonyl (C=O) groups excluding carboxylic acids is 2. The minimum absolute atomic E-state index is 0.0231. The van der Waals surface area contributed by atoms with Gasteiger partial charge in [0.05, 0.1) is 17.2 Å². The molecule has 0 fully saturated rings. The molecule has 122 valence electrons. The number of para-hydroxylation sites is 2. The smallest absolute Gasteiger partial charge is 0.331 e. The second-order valence-corrected chi connectivity index (χ2v) is 5.15. The third-order valence-corrected chi connectivity index (χ3v) is 3.45. The number of nitro benzene ring substituents is 1. The Kier molecular flexibility index (Phi) is 4.11. The van der Waals surface area contributed by atoms with Crippen LogP contribution >= 0.6 is 0 Å². The van der Waals surface area contributed by atoms with Gasteiger partial charge in [-0.15, -0.1) is 0 Å². The number of carbonyl (C=O) groups is 2. The number of esters is 1. The minimum Gasteiger partial charge on any atom is -0.423 e. The molecule has 8 nitrogen and oxygen atoms in total. The molecule has 1 aliphatic rings. The van der Waals surface area contributed by atoms with E-state index in [-0.39, 0.29) is 24.7 Å². The summed E-state index contributed by atoms with van der Waals surface area (Å²) in [6, 6.07) is 12.5. The van der Waals surface area contributed by atoms with Crippen molar-refractivity contribution in [1.82, 2.24) is 0 Å². The first-order chi connectivity index (χ1) is 11.5. The maximum Gasteiger partial charge on any atom is 0.331 e. The topological polar surface area (TPSA) is 102 Å². The number of anilines is 2. The highest BCUT2D eigenvalue weighted by atomic mass is 16.6. The van der Waals surface area contributed by atoms with E-state index in [0.717, 1.165) is 0 Å². The number of nitrogens with zero attached hydrogens (tertiary/aromatic N) is 2. The van der Waals surface area contributed by atoms with Gasteiger partial charge in [-0.3, -0.25) is 14.9 Å². The van der Waals surface area contributed by atoms with Crippen LogP contribution in [-0.2, 0) is 9.59 Å². The quantitative estimate of drug-likeness (QED) is 0.399. The largest absolute Gasteiger partial charge is 0.423 e. The Bertz CT molecular complexity index is 804. The molecule has 8 heteroatoms. The summed E-state index contributed by atoms with van der Waals surface area (Å²) in [4.78, 5) is 35.5. The van der Waals surface area contributed by atoms with Gasteiger partial charge in [-0.05, 0) is 24.3 Å². The molecule has 0 bridgehead atoms. The van der Waals surface area contributed by atoms with E-state index in [1.807, 2.05) is 0 Å². The van der Waals surface area contributed by atoms with Crippen LogP contribution in [0.25, 0.3) is 0 Å². The number of benzene rings is 2. The van der Waals surface area contributed by atoms with E-state index in [1.165, 1.54) is 24.3 Å². The number of amides is 1. The van der Waals surface area contributed by atoms with Crippen molar-refractivity contribution in [3.63, 3.8) is 0 Å². The first kappa shape index (κ1) is 15.5. The Morgan fingerprint density at radius 2 is 1.92 bits per heavy atom. The van der Waals surface area contributed by atoms with Gasteiger partial charge in [0.1, 0.15) is 6.54 Å². The van der Waals surface area contributed by atoms with E-state index in [0.29, 0.717) is 17.1 Å². The van der Waals surface area contributed by atoms with Gasteiger partial charge >= 0.3 is 5.97 Å². The van der Waals surface area contributed by atoms with Crippen LogP contribution in [0.2, 0.25) is 0 Å². The lowest BCUT2D eigenvalue weighted by molar-refractivity contribution is -0.384. The van der Waals surface area contributed by atoms with E-state index in [2.05, 4.69) is 5.32 Å². The van der Waals surface area contributed by atoms with Crippen LogP contribution in [0.15, 0.2) is 48.5 Å². The van der Waals surface area contributed by atoms with E-state index in [9.17, 15) is 19.7 Å². The fraction of sp³-hybridized carbons (Fsp3) is 0.125. The van der Waals surface area contributed by atoms with Crippen molar-refractivity contribution >= 4 is 28.9 Å². The van der Waals surface area contributed by atoms with Crippen molar-refractivity contribution in [2.75, 3.05) is 23.3 Å². The Balaban J connectivity index is 1.69. The number of rotatable bonds is 4. The van der Waals surface area contributed by atoms with Crippen LogP contribution in [0, 0.1) is 10.1 Å². The van der Waals surface area contributed by atoms with Gasteiger partial charge in [-0.2, -0.15) is 0 Å². The molecule has 0 saturated heterocycles. The fourth-order valence-electron chi connectivity index (χ4n) is 2.38. The van der Waals surface area contributed by atoms with Gasteiger partial charge in [0, 0.05) is 17.8 Å². The lowest BCUT2D eigenvalue weighted by Gasteiger charge is -2.29. The van der Waals surface area contributed by atoms with E-state index >= 15 is 0 Å². The first-order valence-electron chi connectivity index (χ1n) is 7.12. The van der Waals surface area contributed by atoms with Crippen molar-refractivity contribution in [3.8, 4) is 5.75 Å². The molecule has 2 aromatic rings. The predicted octanol–water partition coefficient (Wildman–Crippen LogP) is 1.96. The molecular formula is C16H13N3O5. The summed E-state index contributed by atoms with van der Waals surface area (Å²) in [5.41, 5.74) is 1.05. The molecular weight excluding hydrogens is 314 g/mol. The van der Waals surface area contributed by atoms with Crippen LogP contribution in [0.1, 0.15) is 0 Å². The summed E-state index contributed by atoms with van der Waals surface area (Å²) in [7, 11) is 0. The van der Waals surface area contributed by atoms with Crippen molar-refractivity contribution in [2.24, 2.45) is 0 Å². The first-order valence-corrected chi connectivity index (χ1v) is 7.12. The lowest BCUT2D eigenvalue weighted by atomic mass is 10.2. The number of nitrogens with one attached hydrogen (secondary N) is 1. The van der Waals surface area contributed by atoms with Gasteiger partial charge < -0.3 is 15.0 Å². The molecule has 2 aromatic carbocycles. The number of hydrogen-bond donors (Lipinski definition) is 1. The zero-order chi connectivity index (χ0) is 17.1. The van der Waals surface area contributed by atoms with Crippen molar-refractivity contribution < 1.29 is 19.2 Å². The molecule has 3 rings (SSSR count). The predicted molar refractivity (Wildman–Crippen MR) is 86.0 cm³/mol. The summed E-state index contributed by atoms with van der Waals surface area (Å²) in [6.07, 6.45) is 0. The molecule has 0 spiro atoms. The van der Waals surface area contributed by atoms with Crippen molar-refractivity contribution in [2.45, 2.75) is 0 Å². The van der Waals surface area contributed by atoms with Gasteiger partial charge in [0.15, 0.2) is 5.75 Å². The third kappa shape index (κ3) is 3.32. The fourth-order valence-corrected chi connectivity index (χ4v) is 2.38. The zero-order valence-electron chi connectivity index (χ0n) is 12.5. The summed E-state index contributed by atoms with van der Waals surface area (Å²) in [5, 5.41) is 13.3. The molecule has 0 unspecified atom stereocenters. The Labute approximate surface area is 136 Å². The van der Waals surface area contributed by atoms with Crippen LogP contribution in [-0.4, -0.2) is 29.9 Å². The minimum atomic E-state index is -0.512. The average molecular weight is 327 g/mol. The molecule has 1 amide bonds. The standard InChI is InChI=1S/C16H13N3O5/c20-15(17-11-5-7-12(8-6-11)19(22)23)9-18-10-16(21)24-14-4-2-1-3-13(14)18/h1-8H,9-10H2,(H,17,20). The van der Waals surface area contributed by atoms with Crippen LogP contribution < -0.4 is 15.0 Å². The van der Waals surface area contributed by atoms with Crippen LogP contribution in [0.5, 0.6) is 5.75 Å². The molecule has 1 aliphatic heterocycles. The highest BCUT2D eigenvalue weighted by Gasteiger charge is 2.25. The zero-order valence-corrected chi connectivity index (χ0v) is 12.5. The maximum absolute atomic E-state index is 12.2. The third-order valence-electron chi connectivity index (χ3n) is 3.45. The van der Waals surface area contributed by atoms with E-state index in [1.54, 1.807) is 29.2 Å². The summed E-state index contributed by atoms with van der Waals surface area (Å²) >= 11 is 0. The summed E-state index contributed by atoms with van der Waals surface area (Å²) in [6.45, 7) is -0.0617. The molecule has 1 N–H and O–H groups in total. The maximum atomic E-state index is 12.2. The molecule has 0 aromatic heterocycles. The molecule has 0 atom stereocenters. The number of fused-ring (bicyclic) bond motifs is 1. The average Bonchev–Trinajstić information content (AvgIpc) is 2.55. The van der Waals surface area contributed by atoms with Crippen molar-refractivity contribution in [3.05, 3.63) is 58.6 Å². The van der Waals surface area contributed by atoms with Crippen LogP contribution in [0.3, 0.4) is 0 Å². The van der Waals surface area contributed by atoms with E-state index < -0.39 is 10.9 Å². The van der Waals surface area contributed by atoms with Gasteiger partial charge in [-0.1, -0.05) is 12.1 Å². The Morgan fingerprint density at radius 1 is 1.21 bits per heavy atom. The van der Waals surface area contributed by atoms with Gasteiger partial charge in [0.25, 0.3) is 5.69 Å². The van der Waals surface area contributed by atoms with Crippen molar-refractivity contribution in [1.29, 1.82) is 0 Å². The van der Waals surface area contributed by atoms with Crippen LogP contribution in [0.4, 0.5) is 17.1 Å². The monoisotopic (exact) mass is 327 g/mol. The normalized spacial score (nSPS) is 13.0. The second kappa shape index (κ2) is 6.37. The number of ether oxygens (including phenoxy) is 1. The number of hydrogen-bond acceptors (Lipinski definition) is 6. The Morgan fingerprint density at radius 3 is 2.62 bits per heavy atom. The number of nitro groups is 1. The number of non-ortho nitro benzene ring substituents is 1. The highest BCUT2D eigenvalue weighted by Crippen LogP contribution is 2.31. The Hall–Kier alpha value is -3.42. The lowest BCUT2D eigenvalue weighted by Crippen LogP contribution is -2.41. The molecule has 0 aliphatic carbocycles. The van der Waals surface area contributed by atoms with Gasteiger partial charge in [0.2, 0.25) is 5.91 Å². The summed E-state index contributed by atoms with van der Waals surface area (Å²) in [5.74, 6) is -0.359.